The van der Waals surface area contributed by atoms with Crippen molar-refractivity contribution in [2.45, 2.75) is 24.9 Å². The lowest BCUT2D eigenvalue weighted by Gasteiger charge is -2.34. The van der Waals surface area contributed by atoms with E-state index < -0.39 is 11.7 Å². The average molecular weight is 346 g/mol. The zero-order chi connectivity index (χ0) is 17.4. The molecule has 0 aliphatic carbocycles. The molecule has 7 heteroatoms. The molecule has 0 radical (unpaired) electrons. The summed E-state index contributed by atoms with van der Waals surface area (Å²) >= 11 is 0. The number of hydrogen-bond donors (Lipinski definition) is 1. The van der Waals surface area contributed by atoms with Crippen LogP contribution in [0.1, 0.15) is 30.0 Å². The van der Waals surface area contributed by atoms with Crippen LogP contribution in [0.3, 0.4) is 0 Å². The van der Waals surface area contributed by atoms with Crippen LogP contribution in [-0.2, 0) is 6.18 Å². The topological polar surface area (TPSA) is 44.8 Å². The molecule has 2 aromatic heterocycles. The fourth-order valence-electron chi connectivity index (χ4n) is 3.61. The number of benzene rings is 1. The van der Waals surface area contributed by atoms with Gasteiger partial charge in [-0.1, -0.05) is 12.1 Å². The second-order valence-corrected chi connectivity index (χ2v) is 6.33. The van der Waals surface area contributed by atoms with Gasteiger partial charge in [-0.3, -0.25) is 10.1 Å². The highest BCUT2D eigenvalue weighted by Crippen LogP contribution is 2.38. The number of pyridine rings is 1. The molecule has 1 saturated heterocycles. The number of alkyl halides is 3. The highest BCUT2D eigenvalue weighted by molar-refractivity contribution is 5.93. The molecule has 4 rings (SSSR count). The van der Waals surface area contributed by atoms with Crippen LogP contribution in [0.4, 0.5) is 18.9 Å². The van der Waals surface area contributed by atoms with Gasteiger partial charge in [0.1, 0.15) is 0 Å². The number of aromatic nitrogens is 3. The van der Waals surface area contributed by atoms with Gasteiger partial charge in [0.15, 0.2) is 0 Å². The summed E-state index contributed by atoms with van der Waals surface area (Å²) in [6.07, 6.45) is 0.798. The number of rotatable bonds is 2. The highest BCUT2D eigenvalue weighted by atomic mass is 19.4. The van der Waals surface area contributed by atoms with E-state index in [0.29, 0.717) is 11.3 Å². The number of halogens is 3. The summed E-state index contributed by atoms with van der Waals surface area (Å²) in [6.45, 7) is 1.57. The molecular weight excluding hydrogens is 329 g/mol. The lowest BCUT2D eigenvalue weighted by atomic mass is 9.94. The van der Waals surface area contributed by atoms with E-state index in [1.54, 1.807) is 18.3 Å². The Kier molecular flexibility index (Phi) is 3.86. The fourth-order valence-corrected chi connectivity index (χ4v) is 3.61. The van der Waals surface area contributed by atoms with Crippen LogP contribution < -0.4 is 4.90 Å². The number of piperidine rings is 1. The molecule has 1 aliphatic rings. The molecule has 130 valence electrons. The van der Waals surface area contributed by atoms with Crippen molar-refractivity contribution in [2.24, 2.45) is 0 Å². The minimum atomic E-state index is -4.41. The average Bonchev–Trinajstić information content (AvgIpc) is 3.15. The monoisotopic (exact) mass is 346 g/mol. The van der Waals surface area contributed by atoms with E-state index in [-0.39, 0.29) is 5.52 Å². The molecule has 0 saturated carbocycles. The fraction of sp³-hybridized carbons (Fsp3) is 0.333. The minimum absolute atomic E-state index is 0.0103. The molecule has 1 aromatic carbocycles. The Morgan fingerprint density at radius 1 is 1.12 bits per heavy atom. The van der Waals surface area contributed by atoms with E-state index in [0.717, 1.165) is 43.4 Å². The van der Waals surface area contributed by atoms with Crippen LogP contribution in [-0.4, -0.2) is 28.3 Å². The summed E-state index contributed by atoms with van der Waals surface area (Å²) < 4.78 is 39.8. The summed E-state index contributed by atoms with van der Waals surface area (Å²) in [5, 5.41) is 7.56. The normalized spacial score (nSPS) is 18.7. The minimum Gasteiger partial charge on any atom is -0.370 e. The molecule has 25 heavy (non-hydrogen) atoms. The molecule has 1 N–H and O–H groups in total. The molecule has 3 heterocycles. The van der Waals surface area contributed by atoms with Crippen LogP contribution in [0, 0.1) is 0 Å². The Morgan fingerprint density at radius 3 is 2.76 bits per heavy atom. The summed E-state index contributed by atoms with van der Waals surface area (Å²) in [7, 11) is 0. The van der Waals surface area contributed by atoms with Gasteiger partial charge in [-0.05, 0) is 31.0 Å². The molecule has 0 amide bonds. The first-order valence-corrected chi connectivity index (χ1v) is 8.23. The van der Waals surface area contributed by atoms with Crippen molar-refractivity contribution in [3.8, 4) is 0 Å². The van der Waals surface area contributed by atoms with Gasteiger partial charge in [-0.2, -0.15) is 18.3 Å². The van der Waals surface area contributed by atoms with Gasteiger partial charge in [0.25, 0.3) is 0 Å². The number of nitrogens with zero attached hydrogens (tertiary/aromatic N) is 3. The summed E-state index contributed by atoms with van der Waals surface area (Å²) in [4.78, 5) is 6.16. The van der Waals surface area contributed by atoms with Crippen molar-refractivity contribution in [3.05, 3.63) is 54.0 Å². The molecule has 1 fully saturated rings. The van der Waals surface area contributed by atoms with E-state index in [2.05, 4.69) is 20.1 Å². The maximum atomic E-state index is 13.3. The van der Waals surface area contributed by atoms with Gasteiger partial charge in [-0.25, -0.2) is 0 Å². The van der Waals surface area contributed by atoms with E-state index in [4.69, 9.17) is 0 Å². The first-order valence-electron chi connectivity index (χ1n) is 8.23. The smallest absolute Gasteiger partial charge is 0.370 e. The van der Waals surface area contributed by atoms with Gasteiger partial charge in [0.2, 0.25) is 0 Å². The van der Waals surface area contributed by atoms with Gasteiger partial charge >= 0.3 is 6.18 Å². The Balaban J connectivity index is 1.74. The SMILES string of the molecule is FC(F)(F)c1cccc2c(N3CCC[C@H](c4ccn[nH]4)C3)ccnc12. The predicted molar refractivity (Wildman–Crippen MR) is 89.5 cm³/mol. The van der Waals surface area contributed by atoms with Gasteiger partial charge in [-0.15, -0.1) is 0 Å². The zero-order valence-corrected chi connectivity index (χ0v) is 13.4. The first-order chi connectivity index (χ1) is 12.0. The lowest BCUT2D eigenvalue weighted by molar-refractivity contribution is -0.136. The first kappa shape index (κ1) is 15.9. The number of H-pyrrole nitrogens is 1. The maximum Gasteiger partial charge on any atom is 0.418 e. The quantitative estimate of drug-likeness (QED) is 0.750. The third kappa shape index (κ3) is 2.94. The molecule has 3 aromatic rings. The Hall–Kier alpha value is -2.57. The number of aromatic amines is 1. The second kappa shape index (κ2) is 6.06. The lowest BCUT2D eigenvalue weighted by Crippen LogP contribution is -2.34. The number of para-hydroxylation sites is 1. The summed E-state index contributed by atoms with van der Waals surface area (Å²) in [5.41, 5.74) is 1.20. The van der Waals surface area contributed by atoms with Crippen LogP contribution in [0.25, 0.3) is 10.9 Å². The molecule has 0 spiro atoms. The van der Waals surface area contributed by atoms with E-state index in [1.165, 1.54) is 12.3 Å². The van der Waals surface area contributed by atoms with Crippen LogP contribution >= 0.6 is 0 Å². The van der Waals surface area contributed by atoms with Gasteiger partial charge < -0.3 is 4.90 Å². The van der Waals surface area contributed by atoms with Crippen molar-refractivity contribution >= 4 is 16.6 Å². The molecular formula is C18H17F3N4. The standard InChI is InChI=1S/C18H17F3N4/c19-18(20,21)14-5-1-4-13-16(7-8-22-17(13)14)25-10-2-3-12(11-25)15-6-9-23-24-15/h1,4-9,12H,2-3,10-11H2,(H,23,24)/t12-/m0/s1. The van der Waals surface area contributed by atoms with Crippen molar-refractivity contribution in [1.82, 2.24) is 15.2 Å². The number of anilines is 1. The van der Waals surface area contributed by atoms with Crippen molar-refractivity contribution < 1.29 is 13.2 Å². The van der Waals surface area contributed by atoms with Crippen molar-refractivity contribution in [2.75, 3.05) is 18.0 Å². The molecule has 0 unspecified atom stereocenters. The number of nitrogens with one attached hydrogen (secondary N) is 1. The summed E-state index contributed by atoms with van der Waals surface area (Å²) in [5.74, 6) is 0.297. The third-order valence-corrected chi connectivity index (χ3v) is 4.78. The van der Waals surface area contributed by atoms with Crippen molar-refractivity contribution in [1.29, 1.82) is 0 Å². The van der Waals surface area contributed by atoms with E-state index >= 15 is 0 Å². The zero-order valence-electron chi connectivity index (χ0n) is 13.4. The highest BCUT2D eigenvalue weighted by Gasteiger charge is 2.34. The largest absolute Gasteiger partial charge is 0.418 e. The number of hydrogen-bond acceptors (Lipinski definition) is 3. The number of fused-ring (bicyclic) bond motifs is 1. The molecule has 1 aliphatic heterocycles. The van der Waals surface area contributed by atoms with Crippen molar-refractivity contribution in [3.63, 3.8) is 0 Å². The van der Waals surface area contributed by atoms with Crippen LogP contribution in [0.15, 0.2) is 42.7 Å². The van der Waals surface area contributed by atoms with Crippen LogP contribution in [0.5, 0.6) is 0 Å². The Morgan fingerprint density at radius 2 is 2.00 bits per heavy atom. The Labute approximate surface area is 142 Å². The summed E-state index contributed by atoms with van der Waals surface area (Å²) in [6, 6.07) is 8.01. The maximum absolute atomic E-state index is 13.3. The second-order valence-electron chi connectivity index (χ2n) is 6.33. The predicted octanol–water partition coefficient (Wildman–Crippen LogP) is 4.36. The van der Waals surface area contributed by atoms with Gasteiger partial charge in [0.05, 0.1) is 11.1 Å². The molecule has 0 bridgehead atoms. The van der Waals surface area contributed by atoms with Crippen LogP contribution in [0.2, 0.25) is 0 Å². The van der Waals surface area contributed by atoms with E-state index in [1.807, 2.05) is 6.07 Å². The molecule has 1 atom stereocenters. The molecule has 4 nitrogen and oxygen atoms in total. The van der Waals surface area contributed by atoms with Gasteiger partial charge in [0, 0.05) is 48.2 Å². The third-order valence-electron chi connectivity index (χ3n) is 4.78. The van der Waals surface area contributed by atoms with E-state index in [9.17, 15) is 13.2 Å². The Bertz CT molecular complexity index is 874.